The fourth-order valence-electron chi connectivity index (χ4n) is 2.94. The molecule has 0 saturated carbocycles. The van der Waals surface area contributed by atoms with E-state index in [0.29, 0.717) is 19.4 Å². The van der Waals surface area contributed by atoms with Crippen molar-refractivity contribution in [1.82, 2.24) is 10.2 Å². The molecule has 1 amide bonds. The SMILES string of the molecule is C=CCCC(NC(=O)C1CCCN1Cc1ccccc1)C(=O)O. The minimum atomic E-state index is -0.993. The molecule has 1 heterocycles. The average Bonchev–Trinajstić information content (AvgIpc) is 3.00. The van der Waals surface area contributed by atoms with Crippen molar-refractivity contribution >= 4 is 11.9 Å². The molecule has 0 bridgehead atoms. The van der Waals surface area contributed by atoms with Crippen LogP contribution in [-0.2, 0) is 16.1 Å². The van der Waals surface area contributed by atoms with Crippen LogP contribution in [0.15, 0.2) is 43.0 Å². The maximum absolute atomic E-state index is 12.5. The van der Waals surface area contributed by atoms with Gasteiger partial charge in [-0.25, -0.2) is 4.79 Å². The van der Waals surface area contributed by atoms with Crippen molar-refractivity contribution in [3.05, 3.63) is 48.6 Å². The molecule has 124 valence electrons. The van der Waals surface area contributed by atoms with E-state index in [0.717, 1.165) is 24.9 Å². The van der Waals surface area contributed by atoms with Crippen LogP contribution in [-0.4, -0.2) is 40.5 Å². The lowest BCUT2D eigenvalue weighted by Crippen LogP contribution is -2.49. The second-order valence-electron chi connectivity index (χ2n) is 5.88. The summed E-state index contributed by atoms with van der Waals surface area (Å²) in [6, 6.07) is 8.91. The normalized spacial score (nSPS) is 19.2. The Bertz CT molecular complexity index is 544. The van der Waals surface area contributed by atoms with Gasteiger partial charge in [0.05, 0.1) is 6.04 Å². The summed E-state index contributed by atoms with van der Waals surface area (Å²) in [5.41, 5.74) is 1.16. The van der Waals surface area contributed by atoms with E-state index >= 15 is 0 Å². The zero-order valence-electron chi connectivity index (χ0n) is 13.3. The van der Waals surface area contributed by atoms with Crippen LogP contribution in [0.4, 0.5) is 0 Å². The number of amides is 1. The maximum atomic E-state index is 12.5. The minimum Gasteiger partial charge on any atom is -0.480 e. The highest BCUT2D eigenvalue weighted by Gasteiger charge is 2.32. The molecule has 5 nitrogen and oxygen atoms in total. The number of likely N-dealkylation sites (tertiary alicyclic amines) is 1. The van der Waals surface area contributed by atoms with Crippen LogP contribution < -0.4 is 5.32 Å². The van der Waals surface area contributed by atoms with Crippen molar-refractivity contribution in [2.24, 2.45) is 0 Å². The van der Waals surface area contributed by atoms with Crippen LogP contribution in [0, 0.1) is 0 Å². The summed E-state index contributed by atoms with van der Waals surface area (Å²) in [5, 5.41) is 11.9. The third-order valence-corrected chi connectivity index (χ3v) is 4.17. The summed E-state index contributed by atoms with van der Waals surface area (Å²) in [6.07, 6.45) is 4.33. The zero-order chi connectivity index (χ0) is 16.7. The van der Waals surface area contributed by atoms with Crippen molar-refractivity contribution in [3.63, 3.8) is 0 Å². The first-order valence-electron chi connectivity index (χ1n) is 8.04. The van der Waals surface area contributed by atoms with E-state index < -0.39 is 12.0 Å². The molecule has 2 rings (SSSR count). The van der Waals surface area contributed by atoms with E-state index in [1.807, 2.05) is 30.3 Å². The molecule has 23 heavy (non-hydrogen) atoms. The molecule has 1 aliphatic rings. The summed E-state index contributed by atoms with van der Waals surface area (Å²) in [6.45, 7) is 5.16. The van der Waals surface area contributed by atoms with Crippen molar-refractivity contribution in [2.45, 2.75) is 44.3 Å². The second kappa shape index (κ2) is 8.48. The molecule has 0 spiro atoms. The monoisotopic (exact) mass is 316 g/mol. The van der Waals surface area contributed by atoms with Gasteiger partial charge in [-0.1, -0.05) is 36.4 Å². The van der Waals surface area contributed by atoms with E-state index in [4.69, 9.17) is 0 Å². The van der Waals surface area contributed by atoms with Crippen molar-refractivity contribution < 1.29 is 14.7 Å². The number of carboxylic acids is 1. The Balaban J connectivity index is 1.96. The molecule has 0 aromatic heterocycles. The average molecular weight is 316 g/mol. The fourth-order valence-corrected chi connectivity index (χ4v) is 2.94. The summed E-state index contributed by atoms with van der Waals surface area (Å²) in [5.74, 6) is -1.18. The highest BCUT2D eigenvalue weighted by molar-refractivity contribution is 5.87. The highest BCUT2D eigenvalue weighted by atomic mass is 16.4. The number of carbonyl (C=O) groups excluding carboxylic acids is 1. The van der Waals surface area contributed by atoms with E-state index in [9.17, 15) is 14.7 Å². The molecule has 0 radical (unpaired) electrons. The first kappa shape index (κ1) is 17.2. The van der Waals surface area contributed by atoms with Crippen LogP contribution in [0.5, 0.6) is 0 Å². The first-order valence-corrected chi connectivity index (χ1v) is 8.04. The molecule has 1 saturated heterocycles. The summed E-state index contributed by atoms with van der Waals surface area (Å²) < 4.78 is 0. The van der Waals surface area contributed by atoms with Crippen LogP contribution >= 0.6 is 0 Å². The van der Waals surface area contributed by atoms with E-state index in [1.54, 1.807) is 6.08 Å². The predicted molar refractivity (Wildman–Crippen MR) is 88.9 cm³/mol. The Kier molecular flexibility index (Phi) is 6.35. The molecule has 1 aliphatic heterocycles. The maximum Gasteiger partial charge on any atom is 0.326 e. The Hall–Kier alpha value is -2.14. The molecule has 2 atom stereocenters. The van der Waals surface area contributed by atoms with E-state index in [2.05, 4.69) is 16.8 Å². The molecular formula is C18H24N2O3. The lowest BCUT2D eigenvalue weighted by molar-refractivity contribution is -0.142. The fraction of sp³-hybridized carbons (Fsp3) is 0.444. The number of allylic oxidation sites excluding steroid dienone is 1. The van der Waals surface area contributed by atoms with Gasteiger partial charge in [0.15, 0.2) is 0 Å². The first-order chi connectivity index (χ1) is 11.1. The Morgan fingerprint density at radius 3 is 2.78 bits per heavy atom. The minimum absolute atomic E-state index is 0.185. The number of aliphatic carboxylic acids is 1. The molecular weight excluding hydrogens is 292 g/mol. The van der Waals surface area contributed by atoms with Crippen molar-refractivity contribution in [2.75, 3.05) is 6.54 Å². The third kappa shape index (κ3) is 4.93. The molecule has 0 aliphatic carbocycles. The smallest absolute Gasteiger partial charge is 0.326 e. The molecule has 1 aromatic carbocycles. The van der Waals surface area contributed by atoms with Crippen LogP contribution in [0.3, 0.4) is 0 Å². The largest absolute Gasteiger partial charge is 0.480 e. The van der Waals surface area contributed by atoms with Gasteiger partial charge in [-0.15, -0.1) is 6.58 Å². The molecule has 1 aromatic rings. The standard InChI is InChI=1S/C18H24N2O3/c1-2-3-10-15(18(22)23)19-17(21)16-11-7-12-20(16)13-14-8-5-4-6-9-14/h2,4-6,8-9,15-16H,1,3,7,10-13H2,(H,19,21)(H,22,23). The van der Waals surface area contributed by atoms with Gasteiger partial charge < -0.3 is 10.4 Å². The Labute approximate surface area is 137 Å². The van der Waals surface area contributed by atoms with Gasteiger partial charge in [0, 0.05) is 6.54 Å². The van der Waals surface area contributed by atoms with E-state index in [-0.39, 0.29) is 11.9 Å². The lowest BCUT2D eigenvalue weighted by Gasteiger charge is -2.25. The quantitative estimate of drug-likeness (QED) is 0.721. The van der Waals surface area contributed by atoms with Gasteiger partial charge in [0.2, 0.25) is 5.91 Å². The molecule has 5 heteroatoms. The van der Waals surface area contributed by atoms with Crippen LogP contribution in [0.1, 0.15) is 31.2 Å². The van der Waals surface area contributed by atoms with Gasteiger partial charge >= 0.3 is 5.97 Å². The molecule has 2 N–H and O–H groups in total. The van der Waals surface area contributed by atoms with Crippen LogP contribution in [0.2, 0.25) is 0 Å². The predicted octanol–water partition coefficient (Wildman–Crippen LogP) is 2.19. The second-order valence-corrected chi connectivity index (χ2v) is 5.88. The Morgan fingerprint density at radius 1 is 1.39 bits per heavy atom. The molecule has 1 fully saturated rings. The number of benzene rings is 1. The number of rotatable bonds is 8. The number of carbonyl (C=O) groups is 2. The van der Waals surface area contributed by atoms with Crippen LogP contribution in [0.25, 0.3) is 0 Å². The number of carboxylic acid groups (broad SMARTS) is 1. The highest BCUT2D eigenvalue weighted by Crippen LogP contribution is 2.20. The summed E-state index contributed by atoms with van der Waals surface area (Å²) >= 11 is 0. The zero-order valence-corrected chi connectivity index (χ0v) is 13.3. The van der Waals surface area contributed by atoms with Crippen molar-refractivity contribution in [1.29, 1.82) is 0 Å². The van der Waals surface area contributed by atoms with Gasteiger partial charge in [-0.2, -0.15) is 0 Å². The lowest BCUT2D eigenvalue weighted by atomic mass is 10.1. The number of nitrogens with zero attached hydrogens (tertiary/aromatic N) is 1. The number of hydrogen-bond acceptors (Lipinski definition) is 3. The van der Waals surface area contributed by atoms with Crippen molar-refractivity contribution in [3.8, 4) is 0 Å². The number of nitrogens with one attached hydrogen (secondary N) is 1. The number of hydrogen-bond donors (Lipinski definition) is 2. The van der Waals surface area contributed by atoms with Gasteiger partial charge in [0.1, 0.15) is 6.04 Å². The summed E-state index contributed by atoms with van der Waals surface area (Å²) in [7, 11) is 0. The molecule has 2 unspecified atom stereocenters. The van der Waals surface area contributed by atoms with Gasteiger partial charge in [-0.3, -0.25) is 9.69 Å². The topological polar surface area (TPSA) is 69.6 Å². The third-order valence-electron chi connectivity index (χ3n) is 4.17. The Morgan fingerprint density at radius 2 is 2.13 bits per heavy atom. The van der Waals surface area contributed by atoms with E-state index in [1.165, 1.54) is 0 Å². The van der Waals surface area contributed by atoms with Gasteiger partial charge in [-0.05, 0) is 37.8 Å². The van der Waals surface area contributed by atoms with Gasteiger partial charge in [0.25, 0.3) is 0 Å². The summed E-state index contributed by atoms with van der Waals surface area (Å²) in [4.78, 5) is 25.9.